The van der Waals surface area contributed by atoms with Gasteiger partial charge in [0.1, 0.15) is 30.4 Å². The molecule has 2 amide bonds. The Morgan fingerprint density at radius 1 is 1.20 bits per heavy atom. The third-order valence-electron chi connectivity index (χ3n) is 6.46. The first kappa shape index (κ1) is 24.4. The molecular formula is C25H28F2N6O2. The van der Waals surface area contributed by atoms with Crippen molar-refractivity contribution >= 4 is 17.6 Å². The number of alkyl halides is 1. The number of nitrogens with one attached hydrogen (secondary N) is 3. The van der Waals surface area contributed by atoms with Gasteiger partial charge in [0.15, 0.2) is 0 Å². The standard InChI is InChI=1S/C25H28F2N6O2/c1-15(28)33(31-29)14-23(34)32-13-19(26)12-22(32)25(35)30-24(17-5-3-2-4-6-17)18-9-10-20(16-7-8-16)21(27)11-18/h2-6,9-11,16,19,22,24,28-29H,7-8,12-14H2,1H3,(H,30,35)/t19-,22+,24+/m1/s1. The summed E-state index contributed by atoms with van der Waals surface area (Å²) in [6.07, 6.45) is 0.374. The van der Waals surface area contributed by atoms with Crippen LogP contribution in [0.3, 0.4) is 0 Å². The molecule has 184 valence electrons. The van der Waals surface area contributed by atoms with E-state index in [2.05, 4.69) is 10.5 Å². The number of hydrogen-bond donors (Lipinski definition) is 3. The largest absolute Gasteiger partial charge is 0.343 e. The second-order valence-electron chi connectivity index (χ2n) is 9.05. The molecule has 0 spiro atoms. The van der Waals surface area contributed by atoms with Crippen LogP contribution in [0.2, 0.25) is 0 Å². The molecule has 1 aliphatic carbocycles. The molecule has 1 heterocycles. The number of carbonyl (C=O) groups is 2. The number of hydrogen-bond acceptors (Lipinski definition) is 5. The van der Waals surface area contributed by atoms with Gasteiger partial charge in [-0.2, -0.15) is 5.53 Å². The lowest BCUT2D eigenvalue weighted by Crippen LogP contribution is -2.49. The lowest BCUT2D eigenvalue weighted by molar-refractivity contribution is -0.139. The van der Waals surface area contributed by atoms with Crippen LogP contribution >= 0.6 is 0 Å². The van der Waals surface area contributed by atoms with Crippen molar-refractivity contribution in [2.75, 3.05) is 13.1 Å². The van der Waals surface area contributed by atoms with E-state index in [1.807, 2.05) is 30.3 Å². The maximum Gasteiger partial charge on any atom is 0.245 e. The monoisotopic (exact) mass is 482 g/mol. The van der Waals surface area contributed by atoms with E-state index in [9.17, 15) is 18.4 Å². The third-order valence-corrected chi connectivity index (χ3v) is 6.46. The van der Waals surface area contributed by atoms with E-state index >= 15 is 0 Å². The van der Waals surface area contributed by atoms with E-state index < -0.39 is 36.6 Å². The molecule has 0 radical (unpaired) electrons. The summed E-state index contributed by atoms with van der Waals surface area (Å²) in [7, 11) is 0. The number of amides is 2. The smallest absolute Gasteiger partial charge is 0.245 e. The number of likely N-dealkylation sites (tertiary alicyclic amines) is 1. The van der Waals surface area contributed by atoms with Crippen LogP contribution in [0.5, 0.6) is 0 Å². The van der Waals surface area contributed by atoms with Crippen LogP contribution < -0.4 is 5.32 Å². The highest BCUT2D eigenvalue weighted by atomic mass is 19.1. The molecule has 1 saturated heterocycles. The van der Waals surface area contributed by atoms with Gasteiger partial charge in [0, 0.05) is 6.42 Å². The van der Waals surface area contributed by atoms with Gasteiger partial charge in [-0.15, -0.1) is 0 Å². The van der Waals surface area contributed by atoms with Crippen LogP contribution in [-0.4, -0.2) is 52.9 Å². The van der Waals surface area contributed by atoms with Crippen LogP contribution in [0.25, 0.3) is 0 Å². The Morgan fingerprint density at radius 3 is 2.51 bits per heavy atom. The minimum atomic E-state index is -1.39. The number of nitrogens with zero attached hydrogens (tertiary/aromatic N) is 3. The number of benzene rings is 2. The summed E-state index contributed by atoms with van der Waals surface area (Å²) in [6.45, 7) is 0.668. The second kappa shape index (κ2) is 10.3. The fraction of sp³-hybridized carbons (Fsp3) is 0.400. The van der Waals surface area contributed by atoms with Crippen molar-refractivity contribution in [3.8, 4) is 0 Å². The summed E-state index contributed by atoms with van der Waals surface area (Å²) < 4.78 is 29.2. The molecule has 10 heteroatoms. The molecule has 2 fully saturated rings. The van der Waals surface area contributed by atoms with Gasteiger partial charge in [-0.3, -0.25) is 15.0 Å². The molecule has 2 aromatic carbocycles. The number of carbonyl (C=O) groups excluding carboxylic acids is 2. The molecule has 4 rings (SSSR count). The fourth-order valence-electron chi connectivity index (χ4n) is 4.45. The summed E-state index contributed by atoms with van der Waals surface area (Å²) >= 11 is 0. The molecule has 0 aromatic heterocycles. The zero-order valence-corrected chi connectivity index (χ0v) is 19.4. The van der Waals surface area contributed by atoms with Gasteiger partial charge < -0.3 is 10.2 Å². The van der Waals surface area contributed by atoms with Crippen molar-refractivity contribution < 1.29 is 18.4 Å². The van der Waals surface area contributed by atoms with E-state index in [0.717, 1.165) is 28.3 Å². The van der Waals surface area contributed by atoms with Crippen molar-refractivity contribution in [3.63, 3.8) is 0 Å². The van der Waals surface area contributed by atoms with E-state index in [1.165, 1.54) is 13.0 Å². The predicted molar refractivity (Wildman–Crippen MR) is 125 cm³/mol. The first-order valence-electron chi connectivity index (χ1n) is 11.6. The molecular weight excluding hydrogens is 454 g/mol. The molecule has 2 aromatic rings. The maximum absolute atomic E-state index is 14.8. The SMILES string of the molecule is CC(=N)N(CC(=O)N1C[C@H](F)C[C@H]1C(=O)N[C@@H](c1ccccc1)c1ccc(C2CC2)c(F)c1)N=N. The van der Waals surface area contributed by atoms with Gasteiger partial charge in [-0.25, -0.2) is 13.8 Å². The normalized spacial score (nSPS) is 20.3. The van der Waals surface area contributed by atoms with Crippen molar-refractivity contribution in [1.82, 2.24) is 15.2 Å². The Labute approximate surface area is 202 Å². The van der Waals surface area contributed by atoms with Crippen LogP contribution in [0.1, 0.15) is 54.8 Å². The third kappa shape index (κ3) is 5.52. The van der Waals surface area contributed by atoms with Crippen molar-refractivity contribution in [3.05, 3.63) is 71.0 Å². The van der Waals surface area contributed by atoms with Gasteiger partial charge in [0.25, 0.3) is 0 Å². The lowest BCUT2D eigenvalue weighted by atomic mass is 9.96. The molecule has 0 bridgehead atoms. The topological polar surface area (TPSA) is 113 Å². The highest BCUT2D eigenvalue weighted by Crippen LogP contribution is 2.42. The molecule has 3 N–H and O–H groups in total. The molecule has 3 atom stereocenters. The van der Waals surface area contributed by atoms with E-state index in [-0.39, 0.29) is 30.5 Å². The Morgan fingerprint density at radius 2 is 1.91 bits per heavy atom. The van der Waals surface area contributed by atoms with Gasteiger partial charge >= 0.3 is 0 Å². The first-order chi connectivity index (χ1) is 16.8. The van der Waals surface area contributed by atoms with Crippen LogP contribution in [0.15, 0.2) is 53.8 Å². The Kier molecular flexibility index (Phi) is 7.18. The van der Waals surface area contributed by atoms with Gasteiger partial charge in [-0.1, -0.05) is 47.7 Å². The van der Waals surface area contributed by atoms with Crippen LogP contribution in [0, 0.1) is 16.8 Å². The number of rotatable bonds is 8. The van der Waals surface area contributed by atoms with E-state index in [4.69, 9.17) is 10.9 Å². The molecule has 8 nitrogen and oxygen atoms in total. The summed E-state index contributed by atoms with van der Waals surface area (Å²) in [4.78, 5) is 27.3. The maximum atomic E-state index is 14.8. The molecule has 35 heavy (non-hydrogen) atoms. The highest BCUT2D eigenvalue weighted by molar-refractivity contribution is 5.91. The quantitative estimate of drug-likeness (QED) is 0.228. The lowest BCUT2D eigenvalue weighted by Gasteiger charge is -2.28. The predicted octanol–water partition coefficient (Wildman–Crippen LogP) is 4.09. The van der Waals surface area contributed by atoms with Gasteiger partial charge in [-0.05, 0) is 48.4 Å². The average Bonchev–Trinajstić information content (AvgIpc) is 3.61. The minimum absolute atomic E-state index is 0.119. The Balaban J connectivity index is 1.57. The van der Waals surface area contributed by atoms with Crippen molar-refractivity contribution in [1.29, 1.82) is 10.9 Å². The summed E-state index contributed by atoms with van der Waals surface area (Å²) in [5, 5.41) is 14.5. The fourth-order valence-corrected chi connectivity index (χ4v) is 4.45. The van der Waals surface area contributed by atoms with Gasteiger partial charge in [0.2, 0.25) is 11.8 Å². The molecule has 2 aliphatic rings. The van der Waals surface area contributed by atoms with Crippen LogP contribution in [-0.2, 0) is 9.59 Å². The average molecular weight is 483 g/mol. The summed E-state index contributed by atoms with van der Waals surface area (Å²) in [6, 6.07) is 12.3. The Hall–Kier alpha value is -3.69. The minimum Gasteiger partial charge on any atom is -0.343 e. The summed E-state index contributed by atoms with van der Waals surface area (Å²) in [5.74, 6) is -1.36. The summed E-state index contributed by atoms with van der Waals surface area (Å²) in [5.41, 5.74) is 9.08. The highest BCUT2D eigenvalue weighted by Gasteiger charge is 2.41. The van der Waals surface area contributed by atoms with E-state index in [1.54, 1.807) is 12.1 Å². The van der Waals surface area contributed by atoms with E-state index in [0.29, 0.717) is 11.1 Å². The number of halogens is 2. The van der Waals surface area contributed by atoms with Crippen molar-refractivity contribution in [2.24, 2.45) is 5.22 Å². The van der Waals surface area contributed by atoms with Gasteiger partial charge in [0.05, 0.1) is 12.6 Å². The first-order valence-corrected chi connectivity index (χ1v) is 11.6. The molecule has 1 saturated carbocycles. The second-order valence-corrected chi connectivity index (χ2v) is 9.05. The Bertz CT molecular complexity index is 1120. The molecule has 0 unspecified atom stereocenters. The zero-order chi connectivity index (χ0) is 25.1. The number of amidine groups is 1. The molecule has 1 aliphatic heterocycles. The zero-order valence-electron chi connectivity index (χ0n) is 19.4. The van der Waals surface area contributed by atoms with Crippen LogP contribution in [0.4, 0.5) is 8.78 Å². The van der Waals surface area contributed by atoms with Crippen molar-refractivity contribution in [2.45, 2.75) is 50.4 Å².